The van der Waals surface area contributed by atoms with Gasteiger partial charge >= 0.3 is 0 Å². The van der Waals surface area contributed by atoms with Crippen LogP contribution in [-0.4, -0.2) is 39.4 Å². The number of carbonyl (C=O) groups is 2. The van der Waals surface area contributed by atoms with Gasteiger partial charge in [0.2, 0.25) is 11.8 Å². The number of amides is 2. The van der Waals surface area contributed by atoms with Crippen molar-refractivity contribution in [2.24, 2.45) is 7.05 Å². The molecule has 0 aliphatic rings. The summed E-state index contributed by atoms with van der Waals surface area (Å²) in [4.78, 5) is 23.8. The lowest BCUT2D eigenvalue weighted by Crippen LogP contribution is -2.15. The molecule has 10 heteroatoms. The van der Waals surface area contributed by atoms with Crippen LogP contribution < -0.4 is 20.1 Å². The summed E-state index contributed by atoms with van der Waals surface area (Å²) in [7, 11) is 3.44. The fourth-order valence-corrected chi connectivity index (χ4v) is 3.81. The fraction of sp³-hybridized carbons (Fsp3) is 0.304. The molecule has 1 aromatic heterocycles. The molecule has 0 saturated heterocycles. The minimum atomic E-state index is -0.350. The number of aryl methyl sites for hydroxylation is 1. The number of carbonyl (C=O) groups excluding carboxylic acids is 2. The predicted octanol–water partition coefficient (Wildman–Crippen LogP) is 3.96. The van der Waals surface area contributed by atoms with Crippen LogP contribution in [0.5, 0.6) is 11.5 Å². The molecule has 0 fully saturated rings. The molecule has 1 heterocycles. The van der Waals surface area contributed by atoms with E-state index in [0.29, 0.717) is 33.9 Å². The number of methoxy groups -OCH3 is 1. The number of benzene rings is 2. The van der Waals surface area contributed by atoms with E-state index >= 15 is 0 Å². The number of anilines is 2. The lowest BCUT2D eigenvalue weighted by atomic mass is 10.2. The average molecular weight is 470 g/mol. The highest BCUT2D eigenvalue weighted by Gasteiger charge is 2.18. The van der Waals surface area contributed by atoms with Gasteiger partial charge in [0.1, 0.15) is 11.5 Å². The summed E-state index contributed by atoms with van der Waals surface area (Å²) in [5.74, 6) is 1.80. The molecule has 0 aliphatic heterocycles. The lowest BCUT2D eigenvalue weighted by Gasteiger charge is -2.15. The summed E-state index contributed by atoms with van der Waals surface area (Å²) >= 11 is 1.28. The minimum Gasteiger partial charge on any atom is -0.497 e. The third kappa shape index (κ3) is 6.48. The van der Waals surface area contributed by atoms with E-state index in [1.54, 1.807) is 25.3 Å². The normalized spacial score (nSPS) is 11.5. The fourth-order valence-electron chi connectivity index (χ4n) is 3.09. The van der Waals surface area contributed by atoms with Crippen LogP contribution >= 0.6 is 11.8 Å². The molecule has 0 saturated carbocycles. The van der Waals surface area contributed by atoms with Gasteiger partial charge in [0.05, 0.1) is 12.9 Å². The van der Waals surface area contributed by atoms with E-state index < -0.39 is 0 Å². The first-order valence-electron chi connectivity index (χ1n) is 10.3. The standard InChI is InChI=1S/C23H27N5O4S/c1-14-9-10-17(11-20(14)24-16(3)29)25-21(30)13-33-23-27-26-22(28(23)4)15(2)32-19-8-6-7-18(12-19)31-5/h6-12,15H,13H2,1-5H3,(H,24,29)(H,25,30). The maximum atomic E-state index is 12.4. The Morgan fingerprint density at radius 1 is 1.12 bits per heavy atom. The van der Waals surface area contributed by atoms with Crippen LogP contribution in [0.25, 0.3) is 0 Å². The van der Waals surface area contributed by atoms with Crippen molar-refractivity contribution in [3.8, 4) is 11.5 Å². The van der Waals surface area contributed by atoms with Crippen LogP contribution in [0.3, 0.4) is 0 Å². The molecule has 3 rings (SSSR count). The van der Waals surface area contributed by atoms with E-state index in [2.05, 4.69) is 20.8 Å². The molecule has 0 bridgehead atoms. The van der Waals surface area contributed by atoms with Crippen molar-refractivity contribution < 1.29 is 19.1 Å². The second-order valence-corrected chi connectivity index (χ2v) is 8.33. The molecule has 2 aromatic carbocycles. The molecule has 0 aliphatic carbocycles. The zero-order valence-electron chi connectivity index (χ0n) is 19.2. The Morgan fingerprint density at radius 2 is 1.88 bits per heavy atom. The Morgan fingerprint density at radius 3 is 2.61 bits per heavy atom. The van der Waals surface area contributed by atoms with Crippen LogP contribution in [0.1, 0.15) is 31.3 Å². The highest BCUT2D eigenvalue weighted by Crippen LogP contribution is 2.26. The van der Waals surface area contributed by atoms with Gasteiger partial charge in [0.15, 0.2) is 17.1 Å². The second kappa shape index (κ2) is 10.9. The topological polar surface area (TPSA) is 107 Å². The van der Waals surface area contributed by atoms with E-state index in [0.717, 1.165) is 5.56 Å². The van der Waals surface area contributed by atoms with E-state index in [1.807, 2.05) is 49.7 Å². The lowest BCUT2D eigenvalue weighted by molar-refractivity contribution is -0.114. The number of hydrogen-bond acceptors (Lipinski definition) is 7. The Labute approximate surface area is 196 Å². The number of ether oxygens (including phenoxy) is 2. The van der Waals surface area contributed by atoms with Crippen molar-refractivity contribution in [2.45, 2.75) is 32.0 Å². The molecule has 1 atom stereocenters. The smallest absolute Gasteiger partial charge is 0.234 e. The van der Waals surface area contributed by atoms with Crippen LogP contribution in [0.2, 0.25) is 0 Å². The molecule has 0 spiro atoms. The molecular weight excluding hydrogens is 442 g/mol. The molecule has 174 valence electrons. The summed E-state index contributed by atoms with van der Waals surface area (Å²) < 4.78 is 13.0. The van der Waals surface area contributed by atoms with Crippen LogP contribution in [-0.2, 0) is 16.6 Å². The van der Waals surface area contributed by atoms with Crippen molar-refractivity contribution in [2.75, 3.05) is 23.5 Å². The quantitative estimate of drug-likeness (QED) is 0.457. The van der Waals surface area contributed by atoms with E-state index in [9.17, 15) is 9.59 Å². The molecule has 9 nitrogen and oxygen atoms in total. The van der Waals surface area contributed by atoms with E-state index in [1.165, 1.54) is 18.7 Å². The maximum Gasteiger partial charge on any atom is 0.234 e. The maximum absolute atomic E-state index is 12.4. The van der Waals surface area contributed by atoms with Gasteiger partial charge in [-0.2, -0.15) is 0 Å². The van der Waals surface area contributed by atoms with Gasteiger partial charge in [-0.3, -0.25) is 9.59 Å². The first kappa shape index (κ1) is 24.1. The van der Waals surface area contributed by atoms with Crippen molar-refractivity contribution in [1.82, 2.24) is 14.8 Å². The number of aromatic nitrogens is 3. The van der Waals surface area contributed by atoms with Crippen LogP contribution in [0.4, 0.5) is 11.4 Å². The van der Waals surface area contributed by atoms with E-state index in [-0.39, 0.29) is 23.7 Å². The highest BCUT2D eigenvalue weighted by atomic mass is 32.2. The van der Waals surface area contributed by atoms with Crippen molar-refractivity contribution >= 4 is 35.0 Å². The molecular formula is C23H27N5O4S. The van der Waals surface area contributed by atoms with Gasteiger partial charge in [-0.25, -0.2) is 0 Å². The van der Waals surface area contributed by atoms with Gasteiger partial charge in [-0.1, -0.05) is 23.9 Å². The minimum absolute atomic E-state index is 0.153. The third-order valence-electron chi connectivity index (χ3n) is 4.75. The Bertz CT molecular complexity index is 1150. The van der Waals surface area contributed by atoms with Gasteiger partial charge in [0, 0.05) is 31.4 Å². The SMILES string of the molecule is COc1cccc(OC(C)c2nnc(SCC(=O)Nc3ccc(C)c(NC(C)=O)c3)n2C)c1. The number of thioether (sulfide) groups is 1. The van der Waals surface area contributed by atoms with Gasteiger partial charge in [0.25, 0.3) is 0 Å². The molecule has 3 aromatic rings. The van der Waals surface area contributed by atoms with Crippen LogP contribution in [0, 0.1) is 6.92 Å². The average Bonchev–Trinajstić information content (AvgIpc) is 3.15. The van der Waals surface area contributed by atoms with Crippen molar-refractivity contribution in [3.05, 3.63) is 53.9 Å². The Kier molecular flexibility index (Phi) is 7.94. The first-order valence-corrected chi connectivity index (χ1v) is 11.3. The first-order chi connectivity index (χ1) is 15.8. The Hall–Kier alpha value is -3.53. The molecule has 1 unspecified atom stereocenters. The zero-order valence-corrected chi connectivity index (χ0v) is 20.0. The van der Waals surface area contributed by atoms with Crippen molar-refractivity contribution in [1.29, 1.82) is 0 Å². The molecule has 2 amide bonds. The van der Waals surface area contributed by atoms with E-state index in [4.69, 9.17) is 9.47 Å². The molecule has 0 radical (unpaired) electrons. The second-order valence-electron chi connectivity index (χ2n) is 7.39. The van der Waals surface area contributed by atoms with Crippen LogP contribution in [0.15, 0.2) is 47.6 Å². The molecule has 33 heavy (non-hydrogen) atoms. The number of hydrogen-bond donors (Lipinski definition) is 2. The number of rotatable bonds is 9. The molecule has 2 N–H and O–H groups in total. The van der Waals surface area contributed by atoms with Gasteiger partial charge in [-0.15, -0.1) is 10.2 Å². The largest absolute Gasteiger partial charge is 0.497 e. The summed E-state index contributed by atoms with van der Waals surface area (Å²) in [5.41, 5.74) is 2.18. The number of nitrogens with one attached hydrogen (secondary N) is 2. The summed E-state index contributed by atoms with van der Waals surface area (Å²) in [6.45, 7) is 5.21. The monoisotopic (exact) mass is 469 g/mol. The predicted molar refractivity (Wildman–Crippen MR) is 128 cm³/mol. The van der Waals surface area contributed by atoms with Gasteiger partial charge < -0.3 is 24.7 Å². The highest BCUT2D eigenvalue weighted by molar-refractivity contribution is 7.99. The summed E-state index contributed by atoms with van der Waals surface area (Å²) in [5, 5.41) is 14.6. The van der Waals surface area contributed by atoms with Crippen molar-refractivity contribution in [3.63, 3.8) is 0 Å². The zero-order chi connectivity index (χ0) is 24.0. The summed E-state index contributed by atoms with van der Waals surface area (Å²) in [6, 6.07) is 12.7. The number of nitrogens with zero attached hydrogens (tertiary/aromatic N) is 3. The Balaban J connectivity index is 1.59. The third-order valence-corrected chi connectivity index (χ3v) is 5.77. The van der Waals surface area contributed by atoms with Gasteiger partial charge in [-0.05, 0) is 43.7 Å². The summed E-state index contributed by atoms with van der Waals surface area (Å²) in [6.07, 6.45) is -0.350.